The number of ether oxygens (including phenoxy) is 2. The Balaban J connectivity index is 0.000000573. The zero-order valence-electron chi connectivity index (χ0n) is 18.3. The number of pyridine rings is 2. The summed E-state index contributed by atoms with van der Waals surface area (Å²) in [4.78, 5) is 39.6. The van der Waals surface area contributed by atoms with Gasteiger partial charge < -0.3 is 24.9 Å². The van der Waals surface area contributed by atoms with Gasteiger partial charge in [-0.1, -0.05) is 13.1 Å². The fourth-order valence-electron chi connectivity index (χ4n) is 3.28. The molecule has 2 fully saturated rings. The third-order valence-electron chi connectivity index (χ3n) is 5.10. The number of aldehydes is 1. The minimum Gasteiger partial charge on any atom is -0.870 e. The molecule has 0 atom stereocenters. The zero-order chi connectivity index (χ0) is 21.7. The largest absolute Gasteiger partial charge is 1.00 e. The fourth-order valence-corrected chi connectivity index (χ4v) is 3.28. The van der Waals surface area contributed by atoms with Gasteiger partial charge in [0.2, 0.25) is 0 Å². The maximum atomic E-state index is 10.7. The van der Waals surface area contributed by atoms with Crippen LogP contribution < -0.4 is 51.4 Å². The summed E-state index contributed by atoms with van der Waals surface area (Å²) in [6.45, 7) is 0. The molecule has 0 unspecified atom stereocenters. The molecule has 2 N–H and O–H groups in total. The van der Waals surface area contributed by atoms with Crippen molar-refractivity contribution in [2.45, 2.75) is 51.2 Å². The van der Waals surface area contributed by atoms with Gasteiger partial charge in [-0.2, -0.15) is 6.07 Å². The van der Waals surface area contributed by atoms with Crippen molar-refractivity contribution < 1.29 is 85.8 Å². The molecule has 0 bridgehead atoms. The normalized spacial score (nSPS) is 13.9. The average molecular weight is 484 g/mol. The molecule has 174 valence electrons. The molecular formula is C23H28KN2O7-. The van der Waals surface area contributed by atoms with Crippen LogP contribution in [-0.2, 0) is 14.3 Å². The number of carboxylic acid groups (broad SMARTS) is 1. The summed E-state index contributed by atoms with van der Waals surface area (Å²) >= 11 is 0. The number of aromatic carboxylic acids is 1. The van der Waals surface area contributed by atoms with Gasteiger partial charge in [-0.25, -0.2) is 9.78 Å². The van der Waals surface area contributed by atoms with Crippen molar-refractivity contribution in [3.8, 4) is 0 Å². The first kappa shape index (κ1) is 31.6. The molecule has 0 aliphatic heterocycles. The van der Waals surface area contributed by atoms with Gasteiger partial charge in [0.15, 0.2) is 12.6 Å². The van der Waals surface area contributed by atoms with Crippen LogP contribution in [0.1, 0.15) is 94.5 Å². The Bertz CT molecular complexity index is 942. The zero-order valence-corrected chi connectivity index (χ0v) is 21.4. The summed E-state index contributed by atoms with van der Waals surface area (Å²) in [5, 5.41) is 8.72. The quantitative estimate of drug-likeness (QED) is 0.247. The summed E-state index contributed by atoms with van der Waals surface area (Å²) < 4.78 is 10.4. The van der Waals surface area contributed by atoms with Gasteiger partial charge in [-0.05, 0) is 49.1 Å². The molecule has 2 saturated carbocycles. The Labute approximate surface area is 236 Å². The van der Waals surface area contributed by atoms with Crippen LogP contribution in [0.2, 0.25) is 0 Å². The standard InChI is InChI=1S/C12H14NO3.C10H9NO3.CH4.K.H2O/c1-15-12(16-2)11-6-13-9(7-14)5-10(11)8-3-4-8;12-5-7-4-11-9(10(13)14)3-8(7)6-1-2-6;;;/h5-6,8,12H,3-4H2,1-2H3;3-6H,1-2H2,(H,13,14);1H4;;1H2/q-1;;;+1;/p-1. The summed E-state index contributed by atoms with van der Waals surface area (Å²) in [6, 6.07) is 3.29. The molecule has 9 nitrogen and oxygen atoms in total. The van der Waals surface area contributed by atoms with E-state index < -0.39 is 12.3 Å². The Morgan fingerprint density at radius 1 is 1.09 bits per heavy atom. The van der Waals surface area contributed by atoms with Crippen LogP contribution in [0.4, 0.5) is 0 Å². The Kier molecular flexibility index (Phi) is 14.2. The second-order valence-electron chi connectivity index (χ2n) is 7.27. The van der Waals surface area contributed by atoms with Gasteiger partial charge in [0.1, 0.15) is 5.69 Å². The van der Waals surface area contributed by atoms with E-state index in [0.717, 1.165) is 48.7 Å². The first-order chi connectivity index (χ1) is 14.5. The molecule has 0 spiro atoms. The number of carbonyl (C=O) groups is 2. The predicted molar refractivity (Wildman–Crippen MR) is 115 cm³/mol. The molecule has 2 aromatic heterocycles. The van der Waals surface area contributed by atoms with Gasteiger partial charge in [-0.3, -0.25) is 9.78 Å². The molecule has 0 aromatic carbocycles. The second kappa shape index (κ2) is 14.8. The van der Waals surface area contributed by atoms with Gasteiger partial charge >= 0.3 is 57.4 Å². The number of methoxy groups -OCH3 is 2. The van der Waals surface area contributed by atoms with E-state index in [-0.39, 0.29) is 70.0 Å². The van der Waals surface area contributed by atoms with Crippen molar-refractivity contribution in [1.29, 1.82) is 0 Å². The van der Waals surface area contributed by atoms with Crippen LogP contribution in [0.3, 0.4) is 0 Å². The minimum absolute atomic E-state index is 0. The van der Waals surface area contributed by atoms with Gasteiger partial charge in [0, 0.05) is 44.0 Å². The second-order valence-corrected chi connectivity index (χ2v) is 7.27. The van der Waals surface area contributed by atoms with Crippen molar-refractivity contribution in [3.05, 3.63) is 58.2 Å². The molecule has 2 aliphatic carbocycles. The van der Waals surface area contributed by atoms with E-state index in [1.807, 2.05) is 6.29 Å². The van der Waals surface area contributed by atoms with E-state index in [1.165, 1.54) is 12.3 Å². The van der Waals surface area contributed by atoms with E-state index in [2.05, 4.69) is 9.97 Å². The van der Waals surface area contributed by atoms with Crippen molar-refractivity contribution in [2.75, 3.05) is 14.2 Å². The van der Waals surface area contributed by atoms with E-state index in [4.69, 9.17) is 14.6 Å². The fraction of sp³-hybridized carbons (Fsp3) is 0.435. The van der Waals surface area contributed by atoms with Gasteiger partial charge in [0.05, 0.1) is 0 Å². The van der Waals surface area contributed by atoms with Crippen LogP contribution in [-0.4, -0.2) is 53.3 Å². The van der Waals surface area contributed by atoms with Crippen molar-refractivity contribution in [2.24, 2.45) is 0 Å². The van der Waals surface area contributed by atoms with E-state index in [9.17, 15) is 14.4 Å². The Morgan fingerprint density at radius 3 is 2.12 bits per heavy atom. The number of rotatable bonds is 8. The summed E-state index contributed by atoms with van der Waals surface area (Å²) in [7, 11) is 3.18. The third kappa shape index (κ3) is 8.41. The van der Waals surface area contributed by atoms with Crippen molar-refractivity contribution in [3.63, 3.8) is 0 Å². The maximum Gasteiger partial charge on any atom is 1.00 e. The molecule has 0 amide bonds. The summed E-state index contributed by atoms with van der Waals surface area (Å²) in [6.07, 6.45) is 9.47. The average Bonchev–Trinajstić information content (AvgIpc) is 3.67. The number of hydrogen-bond acceptors (Lipinski definition) is 8. The number of hydrogen-bond donors (Lipinski definition) is 1. The summed E-state index contributed by atoms with van der Waals surface area (Å²) in [5.74, 6) is -0.182. The Morgan fingerprint density at radius 2 is 1.67 bits per heavy atom. The molecule has 0 saturated heterocycles. The number of carboxylic acids is 1. The molecule has 2 heterocycles. The van der Waals surface area contributed by atoms with E-state index >= 15 is 0 Å². The van der Waals surface area contributed by atoms with Crippen LogP contribution >= 0.6 is 0 Å². The molecule has 33 heavy (non-hydrogen) atoms. The van der Waals surface area contributed by atoms with Crippen LogP contribution in [0.15, 0.2) is 24.5 Å². The molecule has 0 radical (unpaired) electrons. The van der Waals surface area contributed by atoms with Crippen LogP contribution in [0.5, 0.6) is 0 Å². The number of nitrogens with zero attached hydrogens (tertiary/aromatic N) is 2. The van der Waals surface area contributed by atoms with E-state index in [1.54, 1.807) is 26.5 Å². The van der Waals surface area contributed by atoms with Gasteiger partial charge in [0.25, 0.3) is 0 Å². The first-order valence-corrected chi connectivity index (χ1v) is 9.64. The van der Waals surface area contributed by atoms with Crippen molar-refractivity contribution in [1.82, 2.24) is 9.97 Å². The smallest absolute Gasteiger partial charge is 0.870 e. The predicted octanol–water partition coefficient (Wildman–Crippen LogP) is 0.641. The van der Waals surface area contributed by atoms with Gasteiger partial charge in [-0.15, -0.1) is 5.56 Å². The molecule has 2 aliphatic rings. The molecule has 10 heteroatoms. The summed E-state index contributed by atoms with van der Waals surface area (Å²) in [5.41, 5.74) is 3.70. The van der Waals surface area contributed by atoms with Crippen LogP contribution in [0, 0.1) is 0 Å². The van der Waals surface area contributed by atoms with Crippen LogP contribution in [0.25, 0.3) is 0 Å². The van der Waals surface area contributed by atoms with E-state index in [0.29, 0.717) is 23.1 Å². The first-order valence-electron chi connectivity index (χ1n) is 9.64. The molecular weight excluding hydrogens is 455 g/mol. The molecule has 2 aromatic rings. The maximum absolute atomic E-state index is 10.7. The number of carbonyl (C=O) groups excluding carboxylic acids is 2. The van der Waals surface area contributed by atoms with Crippen molar-refractivity contribution >= 4 is 18.5 Å². The SMILES string of the molecule is C.COC(OC)c1cnc([C-]=O)cc1C1CC1.O=Cc1cnc(C(=O)O)cc1C1CC1.[K+].[OH-]. The third-order valence-corrected chi connectivity index (χ3v) is 5.10. The monoisotopic (exact) mass is 483 g/mol. The number of aromatic nitrogens is 2. The molecule has 4 rings (SSSR count). The Hall–Kier alpha value is -1.37. The topological polar surface area (TPSA) is 146 Å². The minimum atomic E-state index is -1.05.